The molecule has 26 heavy (non-hydrogen) atoms. The minimum absolute atomic E-state index is 0. The molecule has 1 saturated heterocycles. The van der Waals surface area contributed by atoms with E-state index in [-0.39, 0.29) is 37.1 Å². The SMILES string of the molecule is O=C(C=NO)Nc1ccc(CCN2CCOC2=O)cc1.O=S(=O)(O)O.[H-].[Na+]. The van der Waals surface area contributed by atoms with Gasteiger partial charge in [0.1, 0.15) is 12.8 Å². The van der Waals surface area contributed by atoms with E-state index >= 15 is 0 Å². The zero-order valence-corrected chi connectivity index (χ0v) is 16.7. The molecule has 11 nitrogen and oxygen atoms in total. The van der Waals surface area contributed by atoms with E-state index in [1.54, 1.807) is 17.0 Å². The molecule has 0 bridgehead atoms. The third-order valence-electron chi connectivity index (χ3n) is 2.91. The second-order valence-corrected chi connectivity index (χ2v) is 5.63. The molecule has 0 aliphatic carbocycles. The minimum Gasteiger partial charge on any atom is -1.00 e. The fraction of sp³-hybridized carbons (Fsp3) is 0.308. The van der Waals surface area contributed by atoms with Gasteiger partial charge >= 0.3 is 46.0 Å². The van der Waals surface area contributed by atoms with Crippen LogP contribution in [0.25, 0.3) is 0 Å². The number of carbonyl (C=O) groups is 2. The van der Waals surface area contributed by atoms with Gasteiger partial charge in [-0.15, -0.1) is 0 Å². The second-order valence-electron chi connectivity index (χ2n) is 4.73. The van der Waals surface area contributed by atoms with Crippen molar-refractivity contribution in [2.24, 2.45) is 5.16 Å². The number of rotatable bonds is 5. The molecule has 2 amide bonds. The number of nitrogens with one attached hydrogen (secondary N) is 1. The van der Waals surface area contributed by atoms with Crippen LogP contribution in [-0.4, -0.2) is 65.5 Å². The molecule has 1 heterocycles. The fourth-order valence-corrected chi connectivity index (χ4v) is 1.87. The summed E-state index contributed by atoms with van der Waals surface area (Å²) >= 11 is 0. The van der Waals surface area contributed by atoms with Crippen molar-refractivity contribution in [2.75, 3.05) is 25.0 Å². The molecule has 0 spiro atoms. The molecule has 4 N–H and O–H groups in total. The number of hydrogen-bond donors (Lipinski definition) is 4. The van der Waals surface area contributed by atoms with Gasteiger partial charge in [-0.05, 0) is 24.1 Å². The average Bonchev–Trinajstić information content (AvgIpc) is 2.90. The maximum atomic E-state index is 11.3. The quantitative estimate of drug-likeness (QED) is 0.139. The van der Waals surface area contributed by atoms with Gasteiger partial charge in [-0.25, -0.2) is 4.79 Å². The summed E-state index contributed by atoms with van der Waals surface area (Å²) in [4.78, 5) is 24.1. The van der Waals surface area contributed by atoms with Crippen LogP contribution in [-0.2, 0) is 26.4 Å². The van der Waals surface area contributed by atoms with Crippen LogP contribution in [0.3, 0.4) is 0 Å². The summed E-state index contributed by atoms with van der Waals surface area (Å²) in [6, 6.07) is 7.24. The summed E-state index contributed by atoms with van der Waals surface area (Å²) in [5.74, 6) is -0.500. The summed E-state index contributed by atoms with van der Waals surface area (Å²) < 4.78 is 36.4. The number of carbonyl (C=O) groups excluding carboxylic acids is 2. The number of hydrogen-bond acceptors (Lipinski definition) is 7. The van der Waals surface area contributed by atoms with E-state index in [1.165, 1.54) is 0 Å². The normalized spacial score (nSPS) is 13.5. The molecule has 1 aliphatic heterocycles. The first-order chi connectivity index (χ1) is 11.7. The smallest absolute Gasteiger partial charge is 1.00 e. The first-order valence-electron chi connectivity index (χ1n) is 6.88. The van der Waals surface area contributed by atoms with Crippen LogP contribution in [0.4, 0.5) is 10.5 Å². The van der Waals surface area contributed by atoms with Crippen molar-refractivity contribution in [2.45, 2.75) is 6.42 Å². The van der Waals surface area contributed by atoms with E-state index in [4.69, 9.17) is 27.5 Å². The van der Waals surface area contributed by atoms with Crippen molar-refractivity contribution in [3.05, 3.63) is 29.8 Å². The zero-order chi connectivity index (χ0) is 18.9. The Kier molecular flexibility index (Phi) is 11.1. The molecular weight excluding hydrogens is 381 g/mol. The number of anilines is 1. The Morgan fingerprint density at radius 2 is 1.92 bits per heavy atom. The maximum absolute atomic E-state index is 11.3. The van der Waals surface area contributed by atoms with Gasteiger partial charge in [0.25, 0.3) is 5.91 Å². The molecule has 140 valence electrons. The first-order valence-corrected chi connectivity index (χ1v) is 8.27. The molecule has 1 aromatic carbocycles. The van der Waals surface area contributed by atoms with E-state index in [2.05, 4.69) is 10.5 Å². The molecule has 0 radical (unpaired) electrons. The van der Waals surface area contributed by atoms with E-state index in [0.29, 0.717) is 25.4 Å². The van der Waals surface area contributed by atoms with E-state index in [1.807, 2.05) is 12.1 Å². The molecule has 1 fully saturated rings. The predicted octanol–water partition coefficient (Wildman–Crippen LogP) is -2.46. The standard InChI is InChI=1S/C13H15N3O4.Na.H2O4S.H/c17-12(9-14-19)15-11-3-1-10(2-4-11)5-6-16-7-8-20-13(16)18;;1-5(2,3)4;/h1-4,9,19H,5-8H2,(H,15,17);;(H2,1,2,3,4);/q;+1;;-1. The zero-order valence-electron chi connectivity index (χ0n) is 14.9. The van der Waals surface area contributed by atoms with Crippen LogP contribution in [0.2, 0.25) is 0 Å². The summed E-state index contributed by atoms with van der Waals surface area (Å²) in [5, 5.41) is 13.4. The van der Waals surface area contributed by atoms with Gasteiger partial charge in [0.05, 0.1) is 6.54 Å². The van der Waals surface area contributed by atoms with E-state index < -0.39 is 16.3 Å². The first kappa shape index (κ1) is 24.3. The van der Waals surface area contributed by atoms with Crippen molar-refractivity contribution in [3.63, 3.8) is 0 Å². The summed E-state index contributed by atoms with van der Waals surface area (Å²) in [7, 11) is -4.67. The topological polar surface area (TPSA) is 166 Å². The number of ether oxygens (including phenoxy) is 1. The number of benzene rings is 1. The van der Waals surface area contributed by atoms with Gasteiger partial charge in [-0.2, -0.15) is 8.42 Å². The van der Waals surface area contributed by atoms with Crippen LogP contribution < -0.4 is 34.9 Å². The fourth-order valence-electron chi connectivity index (χ4n) is 1.87. The number of nitrogens with zero attached hydrogens (tertiary/aromatic N) is 2. The van der Waals surface area contributed by atoms with Crippen molar-refractivity contribution in [1.29, 1.82) is 0 Å². The van der Waals surface area contributed by atoms with Crippen LogP contribution in [0, 0.1) is 0 Å². The van der Waals surface area contributed by atoms with Crippen molar-refractivity contribution < 1.29 is 68.0 Å². The van der Waals surface area contributed by atoms with Gasteiger partial charge < -0.3 is 21.6 Å². The van der Waals surface area contributed by atoms with Gasteiger partial charge in [0, 0.05) is 12.2 Å². The molecule has 1 aliphatic rings. The molecular formula is C13H18N3NaO8S. The van der Waals surface area contributed by atoms with Crippen LogP contribution in [0.5, 0.6) is 0 Å². The summed E-state index contributed by atoms with van der Waals surface area (Å²) in [6.07, 6.45) is 1.24. The Balaban J connectivity index is 0. The molecule has 13 heteroatoms. The largest absolute Gasteiger partial charge is 1.00 e. The van der Waals surface area contributed by atoms with Crippen molar-refractivity contribution >= 4 is 34.3 Å². The Labute approximate surface area is 173 Å². The van der Waals surface area contributed by atoms with Gasteiger partial charge in [0.2, 0.25) is 0 Å². The number of amides is 2. The third kappa shape index (κ3) is 11.0. The van der Waals surface area contributed by atoms with Gasteiger partial charge in [0.15, 0.2) is 0 Å². The Morgan fingerprint density at radius 3 is 2.38 bits per heavy atom. The van der Waals surface area contributed by atoms with Gasteiger partial charge in [-0.3, -0.25) is 13.9 Å². The van der Waals surface area contributed by atoms with Crippen molar-refractivity contribution in [1.82, 2.24) is 4.90 Å². The number of oxime groups is 1. The Hall–Kier alpha value is -1.70. The van der Waals surface area contributed by atoms with Crippen LogP contribution in [0.15, 0.2) is 29.4 Å². The summed E-state index contributed by atoms with van der Waals surface area (Å²) in [5.41, 5.74) is 1.66. The molecule has 0 atom stereocenters. The number of cyclic esters (lactones) is 1. The average molecular weight is 399 g/mol. The van der Waals surface area contributed by atoms with E-state index in [9.17, 15) is 9.59 Å². The third-order valence-corrected chi connectivity index (χ3v) is 2.91. The molecule has 1 aromatic rings. The molecule has 2 rings (SSSR count). The van der Waals surface area contributed by atoms with Crippen LogP contribution >= 0.6 is 0 Å². The van der Waals surface area contributed by atoms with Gasteiger partial charge in [-0.1, -0.05) is 17.3 Å². The molecule has 0 unspecified atom stereocenters. The Bertz CT molecular complexity index is 722. The monoisotopic (exact) mass is 399 g/mol. The maximum Gasteiger partial charge on any atom is 1.00 e. The van der Waals surface area contributed by atoms with Crippen molar-refractivity contribution in [3.8, 4) is 0 Å². The van der Waals surface area contributed by atoms with E-state index in [0.717, 1.165) is 18.2 Å². The second kappa shape index (κ2) is 11.8. The van der Waals surface area contributed by atoms with Crippen LogP contribution in [0.1, 0.15) is 6.99 Å². The molecule has 0 aromatic heterocycles. The minimum atomic E-state index is -4.67. The Morgan fingerprint density at radius 1 is 1.35 bits per heavy atom. The predicted molar refractivity (Wildman–Crippen MR) is 87.3 cm³/mol. The summed E-state index contributed by atoms with van der Waals surface area (Å²) in [6.45, 7) is 1.70. The molecule has 0 saturated carbocycles.